The van der Waals surface area contributed by atoms with Crippen molar-refractivity contribution in [3.63, 3.8) is 0 Å². The van der Waals surface area contributed by atoms with Crippen molar-refractivity contribution in [3.05, 3.63) is 0 Å². The van der Waals surface area contributed by atoms with Crippen LogP contribution in [0.15, 0.2) is 0 Å². The minimum atomic E-state index is -0.230. The molecule has 1 atom stereocenters. The number of hydrogen-bond donors (Lipinski definition) is 0. The number of likely N-dealkylation sites (N-methyl/N-ethyl adjacent to an activating group) is 2. The molecule has 4 rings (SSSR count). The maximum atomic E-state index is 11.6. The fraction of sp³-hybridized carbons (Fsp3) is 0.950. The first-order valence-electron chi connectivity index (χ1n) is 18.9. The molecule has 4 saturated heterocycles. The summed E-state index contributed by atoms with van der Waals surface area (Å²) in [5, 5.41) is 0. The van der Waals surface area contributed by atoms with Crippen LogP contribution in [0.4, 0.5) is 0 Å². The van der Waals surface area contributed by atoms with Crippen LogP contribution in [0.2, 0.25) is 0 Å². The Labute approximate surface area is 300 Å². The molecule has 0 aromatic heterocycles. The van der Waals surface area contributed by atoms with Gasteiger partial charge in [-0.15, -0.1) is 0 Å². The zero-order valence-corrected chi connectivity index (χ0v) is 34.4. The third kappa shape index (κ3) is 14.4. The fourth-order valence-corrected chi connectivity index (χ4v) is 7.93. The number of carbonyl (C=O) groups is 2. The van der Waals surface area contributed by atoms with Crippen LogP contribution < -0.4 is 0 Å². The lowest BCUT2D eigenvalue weighted by molar-refractivity contribution is -0.134. The number of ketones is 2. The number of likely N-dealkylation sites (tertiary alicyclic amines) is 2. The van der Waals surface area contributed by atoms with Crippen molar-refractivity contribution in [2.45, 2.75) is 184 Å². The largest absolute Gasteiger partial charge is 0.303 e. The highest BCUT2D eigenvalue weighted by Crippen LogP contribution is 2.28. The molecule has 0 bridgehead atoms. The maximum Gasteiger partial charge on any atom is 0.152 e. The Morgan fingerprint density at radius 2 is 1.19 bits per heavy atom. The van der Waals surface area contributed by atoms with E-state index in [4.69, 9.17) is 0 Å². The zero-order chi connectivity index (χ0) is 36.5. The van der Waals surface area contributed by atoms with E-state index in [2.05, 4.69) is 134 Å². The van der Waals surface area contributed by atoms with Gasteiger partial charge in [0.1, 0.15) is 5.78 Å². The minimum absolute atomic E-state index is 0. The van der Waals surface area contributed by atoms with Gasteiger partial charge < -0.3 is 9.80 Å². The van der Waals surface area contributed by atoms with Crippen molar-refractivity contribution in [1.82, 2.24) is 29.4 Å². The third-order valence-corrected chi connectivity index (χ3v) is 11.1. The van der Waals surface area contributed by atoms with E-state index in [1.165, 1.54) is 39.3 Å². The van der Waals surface area contributed by atoms with E-state index >= 15 is 0 Å². The quantitative estimate of drug-likeness (QED) is 0.323. The molecule has 0 unspecified atom stereocenters. The summed E-state index contributed by atoms with van der Waals surface area (Å²) in [6.45, 7) is 42.2. The monoisotopic (exact) mass is 681 g/mol. The van der Waals surface area contributed by atoms with E-state index < -0.39 is 0 Å². The lowest BCUT2D eigenvalue weighted by Gasteiger charge is -2.48. The second-order valence-corrected chi connectivity index (χ2v) is 17.7. The van der Waals surface area contributed by atoms with Gasteiger partial charge in [-0.3, -0.25) is 29.2 Å². The molecule has 286 valence electrons. The van der Waals surface area contributed by atoms with Crippen LogP contribution in [0.1, 0.15) is 137 Å². The van der Waals surface area contributed by atoms with Gasteiger partial charge in [-0.1, -0.05) is 7.43 Å². The molecule has 8 nitrogen and oxygen atoms in total. The summed E-state index contributed by atoms with van der Waals surface area (Å²) in [6.07, 6.45) is 3.55. The molecule has 0 saturated carbocycles. The Morgan fingerprint density at radius 3 is 1.60 bits per heavy atom. The highest BCUT2D eigenvalue weighted by molar-refractivity contribution is 5.88. The Bertz CT molecular complexity index is 938. The summed E-state index contributed by atoms with van der Waals surface area (Å²) in [5.41, 5.74) is 0.329. The van der Waals surface area contributed by atoms with E-state index in [1.807, 2.05) is 13.8 Å². The highest BCUT2D eigenvalue weighted by atomic mass is 16.1. The van der Waals surface area contributed by atoms with Crippen LogP contribution in [-0.4, -0.2) is 154 Å². The van der Waals surface area contributed by atoms with Crippen molar-refractivity contribution in [1.29, 1.82) is 0 Å². The summed E-state index contributed by atoms with van der Waals surface area (Å²) in [7, 11) is 4.42. The highest BCUT2D eigenvalue weighted by Gasteiger charge is 2.38. The molecule has 0 aliphatic carbocycles. The predicted molar refractivity (Wildman–Crippen MR) is 209 cm³/mol. The molecule has 0 spiro atoms. The Hall–Kier alpha value is -0.900. The average Bonchev–Trinajstić information content (AvgIpc) is 2.93. The van der Waals surface area contributed by atoms with Crippen molar-refractivity contribution in [2.24, 2.45) is 0 Å². The normalized spacial score (nSPS) is 25.9. The van der Waals surface area contributed by atoms with E-state index in [0.717, 1.165) is 38.3 Å². The third-order valence-electron chi connectivity index (χ3n) is 11.1. The van der Waals surface area contributed by atoms with Gasteiger partial charge in [0.05, 0.1) is 12.1 Å². The van der Waals surface area contributed by atoms with Crippen molar-refractivity contribution >= 4 is 11.6 Å². The van der Waals surface area contributed by atoms with Crippen LogP contribution in [0.25, 0.3) is 0 Å². The van der Waals surface area contributed by atoms with Crippen LogP contribution in [0, 0.1) is 0 Å². The lowest BCUT2D eigenvalue weighted by Crippen LogP contribution is -2.60. The summed E-state index contributed by atoms with van der Waals surface area (Å²) in [6, 6.07) is 3.07. The van der Waals surface area contributed by atoms with Crippen LogP contribution >= 0.6 is 0 Å². The lowest BCUT2D eigenvalue weighted by atomic mass is 9.88. The molecule has 4 heterocycles. The van der Waals surface area contributed by atoms with E-state index in [-0.39, 0.29) is 18.5 Å². The number of nitrogens with zero attached hydrogens (tertiary/aromatic N) is 6. The molecule has 0 aromatic carbocycles. The molecule has 0 amide bonds. The van der Waals surface area contributed by atoms with Crippen molar-refractivity contribution < 1.29 is 9.59 Å². The standard InChI is InChI=1S/C10H22N2.2C10H19NO.C9H20N2.CH4/c1-9(2)12-7-6-11(5)8-10(12,3)4;1-8(2)11-7-9(12)5-6-10(11,3)4;1-8(2)11-7-5-6-9(12)10(11,3)4;1-8(2)11-6-5-10(4)9(3)7-11;/h9H,6-8H2,1-5H3;2*8H,5-7H2,1-4H3;8-9H,5-7H2,1-4H3;1H4/t;;;9-;/m...0./s1. The SMILES string of the molecule is C.CC(C)N1CC(=O)CCC1(C)C.CC(C)N1CCCC(=O)C1(C)C.CC(C)N1CCN(C)CC1(C)C.CC(C)N1CCN(C)[C@@H](C)C1. The number of piperidine rings is 2. The predicted octanol–water partition coefficient (Wildman–Crippen LogP) is 6.76. The molecule has 4 aliphatic rings. The summed E-state index contributed by atoms with van der Waals surface area (Å²) < 4.78 is 0. The second kappa shape index (κ2) is 20.2. The number of Topliss-reactive ketones (excluding diaryl/α,β-unsaturated/α-hetero) is 2. The smallest absolute Gasteiger partial charge is 0.152 e. The Balaban J connectivity index is 0.000000610. The van der Waals surface area contributed by atoms with Gasteiger partial charge in [-0.2, -0.15) is 0 Å². The number of piperazine rings is 2. The Kier molecular flexibility index (Phi) is 19.8. The van der Waals surface area contributed by atoms with Gasteiger partial charge >= 0.3 is 0 Å². The summed E-state index contributed by atoms with van der Waals surface area (Å²) >= 11 is 0. The van der Waals surface area contributed by atoms with Gasteiger partial charge in [0.2, 0.25) is 0 Å². The summed E-state index contributed by atoms with van der Waals surface area (Å²) in [4.78, 5) is 37.4. The van der Waals surface area contributed by atoms with Crippen LogP contribution in [0.5, 0.6) is 0 Å². The van der Waals surface area contributed by atoms with E-state index in [9.17, 15) is 9.59 Å². The molecule has 48 heavy (non-hydrogen) atoms. The van der Waals surface area contributed by atoms with Crippen LogP contribution in [-0.2, 0) is 9.59 Å². The Morgan fingerprint density at radius 1 is 0.646 bits per heavy atom. The van der Waals surface area contributed by atoms with Crippen molar-refractivity contribution in [2.75, 3.05) is 66.5 Å². The van der Waals surface area contributed by atoms with Crippen molar-refractivity contribution in [3.8, 4) is 0 Å². The average molecular weight is 681 g/mol. The van der Waals surface area contributed by atoms with Gasteiger partial charge in [0.25, 0.3) is 0 Å². The molecule has 0 radical (unpaired) electrons. The zero-order valence-electron chi connectivity index (χ0n) is 34.4. The maximum absolute atomic E-state index is 11.6. The number of carbonyl (C=O) groups excluding carboxylic acids is 2. The van der Waals surface area contributed by atoms with Gasteiger partial charge in [0, 0.05) is 93.4 Å². The molecule has 4 fully saturated rings. The number of rotatable bonds is 4. The molecule has 0 aromatic rings. The molecular weight excluding hydrogens is 596 g/mol. The first kappa shape index (κ1) is 47.1. The minimum Gasteiger partial charge on any atom is -0.303 e. The topological polar surface area (TPSA) is 53.6 Å². The second-order valence-electron chi connectivity index (χ2n) is 17.7. The van der Waals surface area contributed by atoms with Crippen LogP contribution in [0.3, 0.4) is 0 Å². The van der Waals surface area contributed by atoms with Gasteiger partial charge in [-0.05, 0) is 137 Å². The fourth-order valence-electron chi connectivity index (χ4n) is 7.93. The molecule has 4 aliphatic heterocycles. The first-order valence-corrected chi connectivity index (χ1v) is 18.9. The van der Waals surface area contributed by atoms with E-state index in [1.54, 1.807) is 0 Å². The molecule has 0 N–H and O–H groups in total. The van der Waals surface area contributed by atoms with Gasteiger partial charge in [0.15, 0.2) is 5.78 Å². The molecular formula is C40H84N6O2. The molecule has 8 heteroatoms. The summed E-state index contributed by atoms with van der Waals surface area (Å²) in [5.74, 6) is 0.783. The van der Waals surface area contributed by atoms with E-state index in [0.29, 0.717) is 47.8 Å². The number of hydrogen-bond acceptors (Lipinski definition) is 8. The van der Waals surface area contributed by atoms with Gasteiger partial charge in [-0.25, -0.2) is 0 Å². The first-order chi connectivity index (χ1) is 21.4.